The molecule has 0 radical (unpaired) electrons. The number of hydrogen-bond acceptors (Lipinski definition) is 1. The summed E-state index contributed by atoms with van der Waals surface area (Å²) in [5, 5.41) is 0. The normalized spacial score (nSPS) is 20.6. The van der Waals surface area contributed by atoms with E-state index in [2.05, 4.69) is 60.5 Å². The molecule has 4 rings (SSSR count). The highest BCUT2D eigenvalue weighted by atomic mass is 15.2. The average molecular weight is 277 g/mol. The Bertz CT molecular complexity index is 611. The maximum Gasteiger partial charge on any atom is 0.0718 e. The van der Waals surface area contributed by atoms with E-state index < -0.39 is 0 Å². The van der Waals surface area contributed by atoms with Crippen LogP contribution in [0.1, 0.15) is 41.5 Å². The van der Waals surface area contributed by atoms with Crippen molar-refractivity contribution in [3.05, 3.63) is 70.8 Å². The first kappa shape index (κ1) is 13.1. The van der Waals surface area contributed by atoms with Gasteiger partial charge in [-0.05, 0) is 68.0 Å². The van der Waals surface area contributed by atoms with Crippen LogP contribution in [0.2, 0.25) is 0 Å². The van der Waals surface area contributed by atoms with Gasteiger partial charge in [0.25, 0.3) is 0 Å². The molecule has 2 aromatic carbocycles. The maximum atomic E-state index is 2.61. The van der Waals surface area contributed by atoms with Crippen molar-refractivity contribution in [3.63, 3.8) is 0 Å². The maximum absolute atomic E-state index is 2.61. The summed E-state index contributed by atoms with van der Waals surface area (Å²) < 4.78 is 0. The molecule has 2 aromatic rings. The Hall–Kier alpha value is -1.60. The molecule has 0 N–H and O–H groups in total. The molecule has 1 saturated heterocycles. The lowest BCUT2D eigenvalue weighted by atomic mass is 9.73. The number of rotatable bonds is 0. The minimum Gasteiger partial charge on any atom is -0.293 e. The van der Waals surface area contributed by atoms with Crippen molar-refractivity contribution in [3.8, 4) is 0 Å². The molecule has 1 heterocycles. The van der Waals surface area contributed by atoms with E-state index in [0.29, 0.717) is 0 Å². The van der Waals surface area contributed by atoms with E-state index in [1.54, 1.807) is 22.3 Å². The molecular formula is C20H23N. The van der Waals surface area contributed by atoms with Gasteiger partial charge in [0.2, 0.25) is 0 Å². The van der Waals surface area contributed by atoms with Crippen molar-refractivity contribution in [1.82, 2.24) is 4.90 Å². The van der Waals surface area contributed by atoms with Crippen molar-refractivity contribution in [1.29, 1.82) is 0 Å². The second-order valence-corrected chi connectivity index (χ2v) is 6.55. The number of likely N-dealkylation sites (tertiary alicyclic amines) is 1. The number of hydrogen-bond donors (Lipinski definition) is 0. The quantitative estimate of drug-likeness (QED) is 0.699. The fraction of sp³-hybridized carbons (Fsp3) is 0.400. The van der Waals surface area contributed by atoms with Gasteiger partial charge in [-0.2, -0.15) is 0 Å². The summed E-state index contributed by atoms with van der Waals surface area (Å²) in [5.74, 6) is 0. The van der Waals surface area contributed by atoms with Crippen LogP contribution < -0.4 is 0 Å². The highest BCUT2D eigenvalue weighted by Gasteiger charge is 2.43. The first-order valence-electron chi connectivity index (χ1n) is 8.20. The van der Waals surface area contributed by atoms with Gasteiger partial charge in [0.15, 0.2) is 0 Å². The minimum atomic E-state index is 0.0991. The predicted molar refractivity (Wildman–Crippen MR) is 87.6 cm³/mol. The van der Waals surface area contributed by atoms with E-state index in [4.69, 9.17) is 0 Å². The zero-order valence-corrected chi connectivity index (χ0v) is 12.8. The van der Waals surface area contributed by atoms with E-state index in [1.165, 1.54) is 38.6 Å². The number of benzene rings is 2. The molecule has 21 heavy (non-hydrogen) atoms. The van der Waals surface area contributed by atoms with E-state index >= 15 is 0 Å². The molecule has 0 atom stereocenters. The van der Waals surface area contributed by atoms with Gasteiger partial charge in [0.1, 0.15) is 0 Å². The average Bonchev–Trinajstić information content (AvgIpc) is 2.67. The van der Waals surface area contributed by atoms with E-state index in [9.17, 15) is 0 Å². The van der Waals surface area contributed by atoms with Crippen LogP contribution in [0.4, 0.5) is 0 Å². The third-order valence-corrected chi connectivity index (χ3v) is 5.52. The highest BCUT2D eigenvalue weighted by Crippen LogP contribution is 2.46. The van der Waals surface area contributed by atoms with Gasteiger partial charge in [-0.15, -0.1) is 0 Å². The molecule has 0 bridgehead atoms. The van der Waals surface area contributed by atoms with Gasteiger partial charge >= 0.3 is 0 Å². The summed E-state index contributed by atoms with van der Waals surface area (Å²) in [6.45, 7) is 1.20. The van der Waals surface area contributed by atoms with Crippen molar-refractivity contribution in [2.45, 2.75) is 37.6 Å². The fourth-order valence-corrected chi connectivity index (χ4v) is 4.49. The lowest BCUT2D eigenvalue weighted by molar-refractivity contribution is 0.108. The lowest BCUT2D eigenvalue weighted by Crippen LogP contribution is -2.48. The molecule has 0 unspecified atom stereocenters. The van der Waals surface area contributed by atoms with Gasteiger partial charge in [0.05, 0.1) is 5.54 Å². The summed E-state index contributed by atoms with van der Waals surface area (Å²) in [6, 6.07) is 18.3. The second-order valence-electron chi connectivity index (χ2n) is 6.55. The van der Waals surface area contributed by atoms with Crippen molar-refractivity contribution in [2.75, 3.05) is 13.6 Å². The molecular weight excluding hydrogens is 254 g/mol. The first-order chi connectivity index (χ1) is 10.3. The van der Waals surface area contributed by atoms with Gasteiger partial charge < -0.3 is 0 Å². The number of piperidine rings is 1. The molecule has 1 heteroatoms. The zero-order valence-electron chi connectivity index (χ0n) is 12.8. The molecule has 0 saturated carbocycles. The minimum absolute atomic E-state index is 0.0991. The molecule has 0 aromatic heterocycles. The number of nitrogens with zero attached hydrogens (tertiary/aromatic N) is 1. The summed E-state index contributed by atoms with van der Waals surface area (Å²) in [6.07, 6.45) is 6.23. The van der Waals surface area contributed by atoms with Gasteiger partial charge in [-0.25, -0.2) is 0 Å². The highest BCUT2D eigenvalue weighted by molar-refractivity contribution is 5.49. The van der Waals surface area contributed by atoms with Crippen LogP contribution in [0, 0.1) is 0 Å². The van der Waals surface area contributed by atoms with Crippen LogP contribution in [0.3, 0.4) is 0 Å². The Labute approximate surface area is 127 Å². The predicted octanol–water partition coefficient (Wildman–Crippen LogP) is 4.14. The topological polar surface area (TPSA) is 3.24 Å². The number of fused-ring (bicyclic) bond motifs is 4. The smallest absolute Gasteiger partial charge is 0.0718 e. The third-order valence-electron chi connectivity index (χ3n) is 5.52. The molecule has 1 fully saturated rings. The first-order valence-corrected chi connectivity index (χ1v) is 8.20. The lowest BCUT2D eigenvalue weighted by Gasteiger charge is -2.47. The summed E-state index contributed by atoms with van der Waals surface area (Å²) in [5.41, 5.74) is 6.29. The van der Waals surface area contributed by atoms with Crippen LogP contribution in [0.15, 0.2) is 48.5 Å². The summed E-state index contributed by atoms with van der Waals surface area (Å²) in [7, 11) is 2.32. The van der Waals surface area contributed by atoms with E-state index in [-0.39, 0.29) is 5.54 Å². The molecule has 0 amide bonds. The molecule has 1 nitrogen and oxygen atoms in total. The third kappa shape index (κ3) is 1.87. The van der Waals surface area contributed by atoms with Crippen LogP contribution in [-0.2, 0) is 18.4 Å². The van der Waals surface area contributed by atoms with Crippen molar-refractivity contribution < 1.29 is 0 Å². The van der Waals surface area contributed by atoms with Crippen molar-refractivity contribution in [2.24, 2.45) is 0 Å². The van der Waals surface area contributed by atoms with Crippen LogP contribution >= 0.6 is 0 Å². The second kappa shape index (κ2) is 4.99. The Kier molecular flexibility index (Phi) is 3.11. The van der Waals surface area contributed by atoms with Crippen molar-refractivity contribution >= 4 is 0 Å². The zero-order chi connectivity index (χ0) is 14.3. The fourth-order valence-electron chi connectivity index (χ4n) is 4.49. The Morgan fingerprint density at radius 3 is 1.95 bits per heavy atom. The van der Waals surface area contributed by atoms with Gasteiger partial charge in [-0.1, -0.05) is 48.5 Å². The number of aryl methyl sites for hydroxylation is 2. The Morgan fingerprint density at radius 1 is 0.810 bits per heavy atom. The molecule has 1 aliphatic carbocycles. The van der Waals surface area contributed by atoms with Crippen LogP contribution in [-0.4, -0.2) is 18.5 Å². The molecule has 1 aliphatic heterocycles. The molecule has 108 valence electrons. The Balaban J connectivity index is 2.02. The summed E-state index contributed by atoms with van der Waals surface area (Å²) in [4.78, 5) is 2.61. The molecule has 1 spiro atoms. The molecule has 2 aliphatic rings. The van der Waals surface area contributed by atoms with Crippen LogP contribution in [0.25, 0.3) is 0 Å². The van der Waals surface area contributed by atoms with Crippen LogP contribution in [0.5, 0.6) is 0 Å². The largest absolute Gasteiger partial charge is 0.293 e. The standard InChI is InChI=1S/C20H23N/c1-21-15-7-6-14-20(21)18-10-4-2-8-16(18)12-13-17-9-3-5-11-19(17)20/h2-5,8-11H,6-7,12-15H2,1H3. The van der Waals surface area contributed by atoms with E-state index in [1.807, 2.05) is 0 Å². The van der Waals surface area contributed by atoms with Gasteiger partial charge in [0, 0.05) is 0 Å². The monoisotopic (exact) mass is 277 g/mol. The summed E-state index contributed by atoms with van der Waals surface area (Å²) >= 11 is 0. The van der Waals surface area contributed by atoms with E-state index in [0.717, 1.165) is 0 Å². The SMILES string of the molecule is CN1CCCCC12c1ccccc1CCc1ccccc12. The van der Waals surface area contributed by atoms with Gasteiger partial charge in [-0.3, -0.25) is 4.90 Å². The Morgan fingerprint density at radius 2 is 1.38 bits per heavy atom.